The van der Waals surface area contributed by atoms with Crippen LogP contribution in [0.4, 0.5) is 0 Å². The van der Waals surface area contributed by atoms with Crippen molar-refractivity contribution in [1.29, 1.82) is 0 Å². The van der Waals surface area contributed by atoms with Crippen molar-refractivity contribution in [2.24, 2.45) is 5.10 Å². The average Bonchev–Trinajstić information content (AvgIpc) is 3.05. The van der Waals surface area contributed by atoms with Crippen LogP contribution in [0, 0.1) is 0 Å². The summed E-state index contributed by atoms with van der Waals surface area (Å²) in [7, 11) is 6.90. The van der Waals surface area contributed by atoms with Gasteiger partial charge in [0.15, 0.2) is 23.0 Å². The molecule has 44 heavy (non-hydrogen) atoms. The van der Waals surface area contributed by atoms with Crippen molar-refractivity contribution >= 4 is 23.7 Å². The van der Waals surface area contributed by atoms with Crippen molar-refractivity contribution < 1.29 is 28.8 Å². The number of carbonyl (C=O) groups is 1. The van der Waals surface area contributed by atoms with Crippen molar-refractivity contribution in [1.82, 2.24) is 10.3 Å². The summed E-state index contributed by atoms with van der Waals surface area (Å²) in [6.07, 6.45) is 2.38. The molecule has 1 amide bonds. The molecule has 0 saturated heterocycles. The number of benzene rings is 4. The van der Waals surface area contributed by atoms with E-state index in [1.54, 1.807) is 27.4 Å². The SMILES string of the molecule is COc1ccc(CCN(C)CCOc2c(OC)cc(/C=N/NC(=O)c3ccc(O)c(Cl)c3)cc2-c2ccccc2)cc1OC. The number of nitrogens with one attached hydrogen (secondary N) is 1. The number of ether oxygens (including phenoxy) is 4. The van der Waals surface area contributed by atoms with Gasteiger partial charge in [-0.15, -0.1) is 0 Å². The molecule has 4 rings (SSSR count). The molecule has 4 aromatic rings. The van der Waals surface area contributed by atoms with Crippen LogP contribution >= 0.6 is 11.6 Å². The summed E-state index contributed by atoms with van der Waals surface area (Å²) >= 11 is 5.92. The molecule has 10 heteroatoms. The number of carbonyl (C=O) groups excluding carboxylic acids is 1. The molecule has 0 aliphatic heterocycles. The Balaban J connectivity index is 1.44. The number of rotatable bonds is 14. The van der Waals surface area contributed by atoms with E-state index in [4.69, 9.17) is 30.5 Å². The van der Waals surface area contributed by atoms with Crippen molar-refractivity contribution in [2.45, 2.75) is 6.42 Å². The zero-order valence-corrected chi connectivity index (χ0v) is 25.9. The maximum Gasteiger partial charge on any atom is 0.271 e. The lowest BCUT2D eigenvalue weighted by atomic mass is 10.0. The van der Waals surface area contributed by atoms with E-state index in [0.717, 1.165) is 35.4 Å². The smallest absolute Gasteiger partial charge is 0.271 e. The largest absolute Gasteiger partial charge is 0.506 e. The number of phenolic OH excluding ortho intramolecular Hbond substituents is 1. The fourth-order valence-corrected chi connectivity index (χ4v) is 4.66. The van der Waals surface area contributed by atoms with E-state index < -0.39 is 5.91 Å². The fourth-order valence-electron chi connectivity index (χ4n) is 4.48. The monoisotopic (exact) mass is 617 g/mol. The maximum absolute atomic E-state index is 12.5. The minimum Gasteiger partial charge on any atom is -0.506 e. The van der Waals surface area contributed by atoms with Gasteiger partial charge in [-0.25, -0.2) is 5.43 Å². The van der Waals surface area contributed by atoms with E-state index in [1.165, 1.54) is 24.4 Å². The Hall–Kier alpha value is -4.73. The van der Waals surface area contributed by atoms with Crippen LogP contribution in [0.1, 0.15) is 21.5 Å². The number of likely N-dealkylation sites (N-methyl/N-ethyl adjacent to an activating group) is 1. The van der Waals surface area contributed by atoms with Gasteiger partial charge in [0, 0.05) is 24.2 Å². The first kappa shape index (κ1) is 32.2. The predicted octanol–water partition coefficient (Wildman–Crippen LogP) is 6.06. The number of halogens is 1. The molecule has 0 unspecified atom stereocenters. The van der Waals surface area contributed by atoms with Gasteiger partial charge in [0.2, 0.25) is 0 Å². The van der Waals surface area contributed by atoms with Gasteiger partial charge in [-0.2, -0.15) is 5.10 Å². The molecule has 0 aliphatic rings. The zero-order chi connectivity index (χ0) is 31.5. The lowest BCUT2D eigenvalue weighted by Gasteiger charge is -2.20. The maximum atomic E-state index is 12.5. The molecule has 0 heterocycles. The Morgan fingerprint density at radius 2 is 1.66 bits per heavy atom. The lowest BCUT2D eigenvalue weighted by Crippen LogP contribution is -2.26. The molecule has 0 fully saturated rings. The summed E-state index contributed by atoms with van der Waals surface area (Å²) in [4.78, 5) is 14.7. The summed E-state index contributed by atoms with van der Waals surface area (Å²) in [6.45, 7) is 1.97. The standard InChI is InChI=1S/C34H36ClN3O6/c1-38(15-14-23-10-13-30(41-2)31(19-23)42-3)16-17-44-33-27(25-8-6-5-7-9-25)18-24(20-32(33)43-4)22-36-37-34(40)26-11-12-29(39)28(35)21-26/h5-13,18-22,39H,14-17H2,1-4H3,(H,37,40)/b36-22+. The summed E-state index contributed by atoms with van der Waals surface area (Å²) in [6, 6.07) is 23.7. The minimum atomic E-state index is -0.464. The highest BCUT2D eigenvalue weighted by Crippen LogP contribution is 2.39. The van der Waals surface area contributed by atoms with Crippen molar-refractivity contribution in [3.63, 3.8) is 0 Å². The second kappa shape index (κ2) is 15.7. The first-order valence-corrected chi connectivity index (χ1v) is 14.3. The van der Waals surface area contributed by atoms with E-state index in [9.17, 15) is 9.90 Å². The van der Waals surface area contributed by atoms with Crippen molar-refractivity contribution in [3.8, 4) is 39.9 Å². The Morgan fingerprint density at radius 1 is 0.909 bits per heavy atom. The number of hydrazone groups is 1. The van der Waals surface area contributed by atoms with E-state index in [0.29, 0.717) is 36.0 Å². The zero-order valence-electron chi connectivity index (χ0n) is 25.2. The topological polar surface area (TPSA) is 102 Å². The third-order valence-electron chi connectivity index (χ3n) is 6.92. The Kier molecular flexibility index (Phi) is 11.5. The van der Waals surface area contributed by atoms with Gasteiger partial charge in [0.1, 0.15) is 12.4 Å². The summed E-state index contributed by atoms with van der Waals surface area (Å²) in [5.41, 5.74) is 6.39. The number of phenols is 1. The summed E-state index contributed by atoms with van der Waals surface area (Å²) in [5.74, 6) is 2.02. The number of hydrogen-bond donors (Lipinski definition) is 2. The van der Waals surface area contributed by atoms with Gasteiger partial charge >= 0.3 is 0 Å². The molecule has 2 N–H and O–H groups in total. The number of aromatic hydroxyl groups is 1. The summed E-state index contributed by atoms with van der Waals surface area (Å²) < 4.78 is 22.8. The Morgan fingerprint density at radius 3 is 2.36 bits per heavy atom. The van der Waals surface area contributed by atoms with E-state index >= 15 is 0 Å². The predicted molar refractivity (Wildman–Crippen MR) is 173 cm³/mol. The van der Waals surface area contributed by atoms with Gasteiger partial charge in [-0.3, -0.25) is 4.79 Å². The third-order valence-corrected chi connectivity index (χ3v) is 7.22. The second-order valence-electron chi connectivity index (χ2n) is 9.92. The molecule has 0 aliphatic carbocycles. The van der Waals surface area contributed by atoms with Crippen LogP contribution < -0.4 is 24.4 Å². The van der Waals surface area contributed by atoms with Crippen LogP contribution in [0.2, 0.25) is 5.02 Å². The minimum absolute atomic E-state index is 0.0820. The first-order chi connectivity index (χ1) is 21.3. The van der Waals surface area contributed by atoms with Gasteiger partial charge in [0.05, 0.1) is 32.6 Å². The molecule has 9 nitrogen and oxygen atoms in total. The van der Waals surface area contributed by atoms with E-state index in [-0.39, 0.29) is 16.3 Å². The van der Waals surface area contributed by atoms with Crippen LogP contribution in [0.3, 0.4) is 0 Å². The van der Waals surface area contributed by atoms with E-state index in [2.05, 4.69) is 22.5 Å². The Labute approximate surface area is 262 Å². The normalized spacial score (nSPS) is 11.0. The molecule has 0 atom stereocenters. The summed E-state index contributed by atoms with van der Waals surface area (Å²) in [5, 5.41) is 13.8. The second-order valence-corrected chi connectivity index (χ2v) is 10.3. The molecular weight excluding hydrogens is 582 g/mol. The first-order valence-electron chi connectivity index (χ1n) is 13.9. The molecule has 0 bridgehead atoms. The van der Waals surface area contributed by atoms with Gasteiger partial charge in [-0.1, -0.05) is 48.0 Å². The van der Waals surface area contributed by atoms with Gasteiger partial charge < -0.3 is 29.0 Å². The molecule has 0 aromatic heterocycles. The van der Waals surface area contributed by atoms with Crippen LogP contribution in [-0.2, 0) is 6.42 Å². The molecule has 0 radical (unpaired) electrons. The highest BCUT2D eigenvalue weighted by molar-refractivity contribution is 6.32. The van der Waals surface area contributed by atoms with Crippen LogP contribution in [-0.4, -0.2) is 70.2 Å². The fraction of sp³-hybridized carbons (Fsp3) is 0.235. The quantitative estimate of drug-likeness (QED) is 0.131. The average molecular weight is 618 g/mol. The molecule has 4 aromatic carbocycles. The number of nitrogens with zero attached hydrogens (tertiary/aromatic N) is 2. The molecule has 230 valence electrons. The third kappa shape index (κ3) is 8.43. The van der Waals surface area contributed by atoms with Crippen LogP contribution in [0.15, 0.2) is 84.0 Å². The van der Waals surface area contributed by atoms with Crippen LogP contribution in [0.25, 0.3) is 11.1 Å². The molecular formula is C34H36ClN3O6. The van der Waals surface area contributed by atoms with Crippen LogP contribution in [0.5, 0.6) is 28.7 Å². The van der Waals surface area contributed by atoms with Crippen molar-refractivity contribution in [2.75, 3.05) is 48.1 Å². The van der Waals surface area contributed by atoms with Crippen molar-refractivity contribution in [3.05, 3.63) is 101 Å². The molecule has 0 saturated carbocycles. The van der Waals surface area contributed by atoms with E-state index in [1.807, 2.05) is 54.6 Å². The molecule has 0 spiro atoms. The number of methoxy groups -OCH3 is 3. The lowest BCUT2D eigenvalue weighted by molar-refractivity contribution is 0.0955. The highest BCUT2D eigenvalue weighted by atomic mass is 35.5. The number of hydrogen-bond acceptors (Lipinski definition) is 8. The van der Waals surface area contributed by atoms with Gasteiger partial charge in [0.25, 0.3) is 5.91 Å². The van der Waals surface area contributed by atoms with Gasteiger partial charge in [-0.05, 0) is 72.6 Å². The Bertz CT molecular complexity index is 1600. The number of amides is 1. The highest BCUT2D eigenvalue weighted by Gasteiger charge is 2.16.